The number of benzene rings is 1. The lowest BCUT2D eigenvalue weighted by Gasteiger charge is -2.35. The van der Waals surface area contributed by atoms with Crippen LogP contribution >= 0.6 is 0 Å². The van der Waals surface area contributed by atoms with Crippen molar-refractivity contribution >= 4 is 5.96 Å². The van der Waals surface area contributed by atoms with Crippen molar-refractivity contribution in [2.24, 2.45) is 10.9 Å². The largest absolute Gasteiger partial charge is 0.493 e. The number of nitrogens with one attached hydrogen (secondary N) is 1. The molecule has 0 aromatic heterocycles. The normalized spacial score (nSPS) is 16.7. The van der Waals surface area contributed by atoms with Crippen LogP contribution in [0.1, 0.15) is 39.2 Å². The number of likely N-dealkylation sites (tertiary alicyclic amines) is 1. The van der Waals surface area contributed by atoms with Gasteiger partial charge < -0.3 is 19.7 Å². The van der Waals surface area contributed by atoms with E-state index in [4.69, 9.17) is 9.47 Å². The summed E-state index contributed by atoms with van der Waals surface area (Å²) in [6, 6.07) is 6.14. The van der Waals surface area contributed by atoms with Crippen molar-refractivity contribution in [1.29, 1.82) is 0 Å². The summed E-state index contributed by atoms with van der Waals surface area (Å²) in [6.07, 6.45) is 2.47. The Morgan fingerprint density at radius 1 is 1.20 bits per heavy atom. The molecular formula is C20H33N3O2. The first-order valence-electron chi connectivity index (χ1n) is 9.09. The van der Waals surface area contributed by atoms with Gasteiger partial charge in [-0.15, -0.1) is 0 Å². The lowest BCUT2D eigenvalue weighted by molar-refractivity contribution is 0.272. The van der Waals surface area contributed by atoms with Crippen LogP contribution in [-0.2, 0) is 5.41 Å². The van der Waals surface area contributed by atoms with Crippen LogP contribution in [0.3, 0.4) is 0 Å². The van der Waals surface area contributed by atoms with E-state index in [1.807, 2.05) is 13.1 Å². The summed E-state index contributed by atoms with van der Waals surface area (Å²) in [4.78, 5) is 6.85. The number of hydrogen-bond acceptors (Lipinski definition) is 3. The molecule has 1 fully saturated rings. The number of rotatable bonds is 5. The number of nitrogens with zero attached hydrogens (tertiary/aromatic N) is 2. The zero-order valence-electron chi connectivity index (χ0n) is 16.6. The fourth-order valence-electron chi connectivity index (χ4n) is 3.21. The summed E-state index contributed by atoms with van der Waals surface area (Å²) < 4.78 is 10.8. The zero-order chi connectivity index (χ0) is 18.4. The Morgan fingerprint density at radius 3 is 2.40 bits per heavy atom. The highest BCUT2D eigenvalue weighted by atomic mass is 16.5. The zero-order valence-corrected chi connectivity index (χ0v) is 16.6. The fourth-order valence-corrected chi connectivity index (χ4v) is 3.21. The van der Waals surface area contributed by atoms with Crippen LogP contribution in [0.5, 0.6) is 11.5 Å². The molecule has 0 unspecified atom stereocenters. The van der Waals surface area contributed by atoms with E-state index < -0.39 is 0 Å². The monoisotopic (exact) mass is 347 g/mol. The third-order valence-electron chi connectivity index (χ3n) is 5.15. The third-order valence-corrected chi connectivity index (χ3v) is 5.15. The molecule has 1 aromatic carbocycles. The van der Waals surface area contributed by atoms with E-state index in [0.717, 1.165) is 43.0 Å². The average molecular weight is 348 g/mol. The molecule has 1 aliphatic heterocycles. The van der Waals surface area contributed by atoms with Gasteiger partial charge in [0.15, 0.2) is 17.5 Å². The molecule has 1 aromatic rings. The Bertz CT molecular complexity index is 591. The maximum absolute atomic E-state index is 5.45. The third kappa shape index (κ3) is 4.80. The quantitative estimate of drug-likeness (QED) is 0.656. The van der Waals surface area contributed by atoms with Crippen molar-refractivity contribution in [2.75, 3.05) is 40.9 Å². The van der Waals surface area contributed by atoms with Crippen LogP contribution in [0.2, 0.25) is 0 Å². The Morgan fingerprint density at radius 2 is 1.84 bits per heavy atom. The molecular weight excluding hydrogens is 314 g/mol. The predicted molar refractivity (Wildman–Crippen MR) is 104 cm³/mol. The van der Waals surface area contributed by atoms with Gasteiger partial charge in [-0.1, -0.05) is 26.8 Å². The standard InChI is InChI=1S/C20H33N3O2/c1-15-9-11-23(12-10-15)19(21-4)22-14-20(2,3)16-7-8-17(24-5)18(13-16)25-6/h7-8,13,15H,9-12,14H2,1-6H3,(H,21,22). The van der Waals surface area contributed by atoms with Gasteiger partial charge in [0.05, 0.1) is 14.2 Å². The minimum Gasteiger partial charge on any atom is -0.493 e. The Balaban J connectivity index is 2.05. The highest BCUT2D eigenvalue weighted by Crippen LogP contribution is 2.33. The topological polar surface area (TPSA) is 46.1 Å². The van der Waals surface area contributed by atoms with Gasteiger partial charge in [-0.2, -0.15) is 0 Å². The summed E-state index contributed by atoms with van der Waals surface area (Å²) in [5, 5.41) is 3.56. The van der Waals surface area contributed by atoms with E-state index >= 15 is 0 Å². The summed E-state index contributed by atoms with van der Waals surface area (Å²) in [6.45, 7) is 9.75. The number of methoxy groups -OCH3 is 2. The molecule has 0 amide bonds. The number of hydrogen-bond donors (Lipinski definition) is 1. The second kappa shape index (κ2) is 8.45. The van der Waals surface area contributed by atoms with Crippen LogP contribution in [0.25, 0.3) is 0 Å². The van der Waals surface area contributed by atoms with Crippen LogP contribution in [0, 0.1) is 5.92 Å². The second-order valence-corrected chi connectivity index (χ2v) is 7.52. The van der Waals surface area contributed by atoms with Crippen LogP contribution in [0.4, 0.5) is 0 Å². The molecule has 0 radical (unpaired) electrons. The molecule has 5 nitrogen and oxygen atoms in total. The Kier molecular flexibility index (Phi) is 6.57. The molecule has 140 valence electrons. The number of guanidine groups is 1. The highest BCUT2D eigenvalue weighted by molar-refractivity contribution is 5.80. The number of ether oxygens (including phenoxy) is 2. The summed E-state index contributed by atoms with van der Waals surface area (Å²) >= 11 is 0. The van der Waals surface area contributed by atoms with Crippen LogP contribution in [-0.4, -0.2) is 51.8 Å². The van der Waals surface area contributed by atoms with Crippen molar-refractivity contribution in [2.45, 2.75) is 39.0 Å². The fraction of sp³-hybridized carbons (Fsp3) is 0.650. The van der Waals surface area contributed by atoms with Gasteiger partial charge >= 0.3 is 0 Å². The van der Waals surface area contributed by atoms with E-state index in [9.17, 15) is 0 Å². The van der Waals surface area contributed by atoms with Crippen molar-refractivity contribution in [1.82, 2.24) is 10.2 Å². The molecule has 1 heterocycles. The molecule has 0 saturated carbocycles. The highest BCUT2D eigenvalue weighted by Gasteiger charge is 2.25. The Labute approximate surface area is 152 Å². The van der Waals surface area contributed by atoms with E-state index in [0.29, 0.717) is 0 Å². The SMILES string of the molecule is CN=C(NCC(C)(C)c1ccc(OC)c(OC)c1)N1CCC(C)CC1. The molecule has 5 heteroatoms. The number of aliphatic imine (C=N–C) groups is 1. The summed E-state index contributed by atoms with van der Waals surface area (Å²) in [5.41, 5.74) is 1.15. The molecule has 1 aliphatic rings. The summed E-state index contributed by atoms with van der Waals surface area (Å²) in [7, 11) is 5.20. The van der Waals surface area contributed by atoms with Crippen molar-refractivity contribution in [3.8, 4) is 11.5 Å². The molecule has 0 bridgehead atoms. The smallest absolute Gasteiger partial charge is 0.193 e. The van der Waals surface area contributed by atoms with Gasteiger partial charge in [0.25, 0.3) is 0 Å². The van der Waals surface area contributed by atoms with E-state index in [1.165, 1.54) is 18.4 Å². The second-order valence-electron chi connectivity index (χ2n) is 7.52. The molecule has 0 spiro atoms. The van der Waals surface area contributed by atoms with E-state index in [2.05, 4.69) is 48.1 Å². The predicted octanol–water partition coefficient (Wildman–Crippen LogP) is 3.29. The Hall–Kier alpha value is -1.91. The first kappa shape index (κ1) is 19.4. The van der Waals surface area contributed by atoms with Crippen molar-refractivity contribution in [3.63, 3.8) is 0 Å². The lowest BCUT2D eigenvalue weighted by atomic mass is 9.84. The average Bonchev–Trinajstić information content (AvgIpc) is 2.62. The molecule has 1 saturated heterocycles. The van der Waals surface area contributed by atoms with Crippen LogP contribution < -0.4 is 14.8 Å². The maximum atomic E-state index is 5.45. The van der Waals surface area contributed by atoms with Gasteiger partial charge in [-0.25, -0.2) is 0 Å². The minimum absolute atomic E-state index is 0.0570. The van der Waals surface area contributed by atoms with E-state index in [-0.39, 0.29) is 5.41 Å². The molecule has 0 atom stereocenters. The van der Waals surface area contributed by atoms with Crippen molar-refractivity contribution in [3.05, 3.63) is 23.8 Å². The van der Waals surface area contributed by atoms with Gasteiger partial charge in [-0.05, 0) is 36.5 Å². The van der Waals surface area contributed by atoms with Gasteiger partial charge in [0.1, 0.15) is 0 Å². The first-order chi connectivity index (χ1) is 11.9. The maximum Gasteiger partial charge on any atom is 0.193 e. The van der Waals surface area contributed by atoms with Crippen LogP contribution in [0.15, 0.2) is 23.2 Å². The first-order valence-corrected chi connectivity index (χ1v) is 9.09. The van der Waals surface area contributed by atoms with Crippen molar-refractivity contribution < 1.29 is 9.47 Å². The van der Waals surface area contributed by atoms with E-state index in [1.54, 1.807) is 14.2 Å². The molecule has 2 rings (SSSR count). The minimum atomic E-state index is -0.0570. The molecule has 1 N–H and O–H groups in total. The number of piperidine rings is 1. The summed E-state index contributed by atoms with van der Waals surface area (Å²) in [5.74, 6) is 3.34. The van der Waals surface area contributed by atoms with Gasteiger partial charge in [0.2, 0.25) is 0 Å². The van der Waals surface area contributed by atoms with Gasteiger partial charge in [0, 0.05) is 32.1 Å². The molecule has 25 heavy (non-hydrogen) atoms. The van der Waals surface area contributed by atoms with Gasteiger partial charge in [-0.3, -0.25) is 4.99 Å². The lowest BCUT2D eigenvalue weighted by Crippen LogP contribution is -2.48. The molecule has 0 aliphatic carbocycles.